The van der Waals surface area contributed by atoms with Crippen molar-refractivity contribution < 1.29 is 89.0 Å². The van der Waals surface area contributed by atoms with Gasteiger partial charge in [0.1, 0.15) is 79.4 Å². The highest BCUT2D eigenvalue weighted by molar-refractivity contribution is 5.72. The number of nitrogens with two attached hydrogens (primary N) is 3. The normalized spacial score (nSPS) is 44.0. The van der Waals surface area contributed by atoms with Crippen LogP contribution in [0.3, 0.4) is 0 Å². The Morgan fingerprint density at radius 1 is 0.561 bits per heavy atom. The van der Waals surface area contributed by atoms with Crippen molar-refractivity contribution in [3.8, 4) is 0 Å². The summed E-state index contributed by atoms with van der Waals surface area (Å²) in [5, 5.41) is 106. The summed E-state index contributed by atoms with van der Waals surface area (Å²) in [7, 11) is 0. The number of aliphatic imine (C=N–C) groups is 1. The van der Waals surface area contributed by atoms with Gasteiger partial charge in [0, 0.05) is 24.7 Å². The number of aliphatic hydroxyl groups is 10. The molecule has 0 aromatic carbocycles. The maximum absolute atomic E-state index is 11.7. The predicted molar refractivity (Wildman–Crippen MR) is 234 cm³/mol. The first kappa shape index (κ1) is 55.0. The Morgan fingerprint density at radius 2 is 1.15 bits per heavy atom. The Bertz CT molecular complexity index is 1610. The molecule has 22 heteroatoms. The van der Waals surface area contributed by atoms with Gasteiger partial charge >= 0.3 is 0 Å². The molecule has 0 spiro atoms. The lowest BCUT2D eigenvalue weighted by atomic mass is 9.84. The van der Waals surface area contributed by atoms with E-state index in [1.807, 2.05) is 13.0 Å². The monoisotopic (exact) mass is 949 g/mol. The summed E-state index contributed by atoms with van der Waals surface area (Å²) in [5.74, 6) is 0. The van der Waals surface area contributed by atoms with Gasteiger partial charge in [0.2, 0.25) is 0 Å². The van der Waals surface area contributed by atoms with Crippen molar-refractivity contribution in [1.82, 2.24) is 0 Å². The fourth-order valence-corrected chi connectivity index (χ4v) is 8.71. The van der Waals surface area contributed by atoms with Gasteiger partial charge in [0.15, 0.2) is 25.2 Å². The van der Waals surface area contributed by atoms with E-state index in [4.69, 9.17) is 55.1 Å². The van der Waals surface area contributed by atoms with Crippen LogP contribution in [-0.4, -0.2) is 218 Å². The summed E-state index contributed by atoms with van der Waals surface area (Å²) in [6.07, 6.45) is -14.5. The topological polar surface area (TPSA) is 367 Å². The molecule has 1 aliphatic carbocycles. The lowest BCUT2D eigenvalue weighted by Crippen LogP contribution is -2.67. The van der Waals surface area contributed by atoms with Crippen LogP contribution in [-0.2, 0) is 37.9 Å². The number of allylic oxidation sites excluding steroid dienone is 6. The van der Waals surface area contributed by atoms with Crippen LogP contribution in [0.2, 0.25) is 0 Å². The molecule has 22 nitrogen and oxygen atoms in total. The molecule has 0 aromatic rings. The predicted octanol–water partition coefficient (Wildman–Crippen LogP) is -3.41. The molecular weight excluding hydrogens is 872 g/mol. The summed E-state index contributed by atoms with van der Waals surface area (Å²) in [5.41, 5.74) is 22.8. The van der Waals surface area contributed by atoms with E-state index < -0.39 is 155 Å². The Morgan fingerprint density at radius 3 is 1.83 bits per heavy atom. The van der Waals surface area contributed by atoms with Gasteiger partial charge in [-0.1, -0.05) is 28.9 Å². The van der Waals surface area contributed by atoms with E-state index in [-0.39, 0.29) is 25.8 Å². The van der Waals surface area contributed by atoms with Crippen LogP contribution in [0.25, 0.3) is 0 Å². The molecule has 0 radical (unpaired) electrons. The molecule has 0 amide bonds. The van der Waals surface area contributed by atoms with Crippen molar-refractivity contribution in [3.63, 3.8) is 0 Å². The fraction of sp³-hybridized carbons (Fsp3) is 0.841. The second-order valence-corrected chi connectivity index (χ2v) is 18.3. The first-order valence-electron chi connectivity index (χ1n) is 22.9. The van der Waals surface area contributed by atoms with Crippen molar-refractivity contribution in [3.05, 3.63) is 34.9 Å². The van der Waals surface area contributed by atoms with Gasteiger partial charge in [-0.25, -0.2) is 0 Å². The van der Waals surface area contributed by atoms with E-state index in [0.29, 0.717) is 0 Å². The minimum Gasteiger partial charge on any atom is -0.394 e. The molecule has 0 aromatic heterocycles. The lowest BCUT2D eigenvalue weighted by molar-refractivity contribution is -0.348. The zero-order chi connectivity index (χ0) is 48.4. The Kier molecular flexibility index (Phi) is 21.5. The molecule has 66 heavy (non-hydrogen) atoms. The number of rotatable bonds is 20. The highest BCUT2D eigenvalue weighted by Gasteiger charge is 2.55. The lowest BCUT2D eigenvalue weighted by Gasteiger charge is -2.47. The quantitative estimate of drug-likeness (QED) is 0.0418. The smallest absolute Gasteiger partial charge is 0.187 e. The molecule has 5 aliphatic rings. The van der Waals surface area contributed by atoms with Crippen LogP contribution in [0.1, 0.15) is 72.6 Å². The van der Waals surface area contributed by atoms with E-state index in [2.05, 4.69) is 37.9 Å². The summed E-state index contributed by atoms with van der Waals surface area (Å²) in [6.45, 7) is 6.15. The zero-order valence-electron chi connectivity index (χ0n) is 38.2. The first-order chi connectivity index (χ1) is 31.4. The largest absolute Gasteiger partial charge is 0.394 e. The highest BCUT2D eigenvalue weighted by Crippen LogP contribution is 2.36. The van der Waals surface area contributed by atoms with Crippen LogP contribution in [0, 0.1) is 0 Å². The van der Waals surface area contributed by atoms with Crippen molar-refractivity contribution >= 4 is 6.21 Å². The molecule has 1 saturated carbocycles. The molecule has 22 unspecified atom stereocenters. The van der Waals surface area contributed by atoms with Crippen molar-refractivity contribution in [1.29, 1.82) is 0 Å². The molecule has 22 atom stereocenters. The second-order valence-electron chi connectivity index (χ2n) is 18.3. The van der Waals surface area contributed by atoms with Crippen LogP contribution in [0.5, 0.6) is 0 Å². The van der Waals surface area contributed by atoms with Gasteiger partial charge in [0.05, 0.1) is 44.6 Å². The summed E-state index contributed by atoms with van der Waals surface area (Å²) < 4.78 is 47.9. The fourth-order valence-electron chi connectivity index (χ4n) is 8.71. The van der Waals surface area contributed by atoms with Crippen LogP contribution < -0.4 is 17.2 Å². The summed E-state index contributed by atoms with van der Waals surface area (Å²) in [6, 6.07) is -3.10. The summed E-state index contributed by atoms with van der Waals surface area (Å²) in [4.78, 5) is 4.49. The van der Waals surface area contributed by atoms with Crippen molar-refractivity contribution in [2.24, 2.45) is 22.2 Å². The van der Waals surface area contributed by atoms with E-state index in [0.717, 1.165) is 31.3 Å². The van der Waals surface area contributed by atoms with Crippen LogP contribution >= 0.6 is 0 Å². The molecule has 16 N–H and O–H groups in total. The molecule has 380 valence electrons. The Balaban J connectivity index is 1.30. The zero-order valence-corrected chi connectivity index (χ0v) is 38.2. The molecule has 5 fully saturated rings. The number of nitrogens with zero attached hydrogens (tertiary/aromatic N) is 1. The maximum Gasteiger partial charge on any atom is 0.187 e. The van der Waals surface area contributed by atoms with Gasteiger partial charge in [-0.05, 0) is 72.3 Å². The number of aliphatic hydroxyl groups excluding tert-OH is 10. The number of ether oxygens (including phenoxy) is 8. The molecule has 4 heterocycles. The first-order valence-corrected chi connectivity index (χ1v) is 22.9. The van der Waals surface area contributed by atoms with Crippen LogP contribution in [0.4, 0.5) is 0 Å². The van der Waals surface area contributed by atoms with E-state index in [9.17, 15) is 51.1 Å². The minimum absolute atomic E-state index is 0.125. The van der Waals surface area contributed by atoms with Gasteiger partial charge in [-0.2, -0.15) is 0 Å². The van der Waals surface area contributed by atoms with E-state index in [1.54, 1.807) is 6.21 Å². The molecule has 4 aliphatic heterocycles. The van der Waals surface area contributed by atoms with Crippen molar-refractivity contribution in [2.75, 3.05) is 26.4 Å². The SMILES string of the molecule is CC(C)=CCC/C(C)=C/CC/C(C)=C/C=NCC1OC(OC2C(CO)OC(OC3C(O)C(N)CC(N)C3OC3CCC(O)C(CO)O3)C2O)C(N)C(O)C1OC1OC(CO)C(O)C(O)C1O. The van der Waals surface area contributed by atoms with Crippen molar-refractivity contribution in [2.45, 2.75) is 207 Å². The molecular formula is C44H76N4O18. The van der Waals surface area contributed by atoms with Gasteiger partial charge in [-0.3, -0.25) is 4.99 Å². The highest BCUT2D eigenvalue weighted by atomic mass is 16.8. The maximum atomic E-state index is 11.7. The molecule has 4 saturated heterocycles. The standard InChI is InChI=1S/C44H76N4O18/c1-20(2)7-5-8-21(3)9-6-10-22(4)13-14-48-16-26-39(65-43-36(57)35(56)33(54)28(18-50)61-43)34(55)31(47)42(60-26)64-40-29(19-51)62-44(37(40)58)66-41-32(53)23(45)15-24(46)38(41)63-30-12-11-25(52)27(17-49)59-30/h7,9,13-14,23-44,49-58H,5-6,8,10-12,15-19,45-47H2,1-4H3/b21-9+,22-13+,48-14?. The average Bonchev–Trinajstić information content (AvgIpc) is 3.58. The Labute approximate surface area is 385 Å². The Hall–Kier alpha value is -1.95. The third-order valence-electron chi connectivity index (χ3n) is 12.8. The molecule has 5 rings (SSSR count). The number of hydrogen-bond acceptors (Lipinski definition) is 22. The molecule has 0 bridgehead atoms. The second kappa shape index (κ2) is 25.8. The summed E-state index contributed by atoms with van der Waals surface area (Å²) >= 11 is 0. The van der Waals surface area contributed by atoms with Gasteiger partial charge in [0.25, 0.3) is 0 Å². The minimum atomic E-state index is -1.81. The van der Waals surface area contributed by atoms with Gasteiger partial charge in [-0.15, -0.1) is 0 Å². The van der Waals surface area contributed by atoms with Gasteiger partial charge < -0.3 is 106 Å². The van der Waals surface area contributed by atoms with Crippen LogP contribution in [0.15, 0.2) is 39.9 Å². The third kappa shape index (κ3) is 14.1. The van der Waals surface area contributed by atoms with E-state index in [1.165, 1.54) is 11.1 Å². The third-order valence-corrected chi connectivity index (χ3v) is 12.8. The average molecular weight is 949 g/mol. The number of hydrogen-bond donors (Lipinski definition) is 13. The van der Waals surface area contributed by atoms with E-state index >= 15 is 0 Å².